The van der Waals surface area contributed by atoms with Gasteiger partial charge in [0, 0.05) is 74.5 Å². The van der Waals surface area contributed by atoms with E-state index in [2.05, 4.69) is 51.4 Å². The van der Waals surface area contributed by atoms with Crippen molar-refractivity contribution in [2.45, 2.75) is 38.0 Å². The Morgan fingerprint density at radius 1 is 0.726 bits per heavy atom. The number of carbonyl (C=O) groups is 4. The number of amides is 4. The molecule has 0 radical (unpaired) electrons. The minimum Gasteiger partial charge on any atom is -0.354 e. The number of carbonyl (C=O) groups excluding carboxylic acids is 4. The molecule has 3 saturated heterocycles. The molecule has 1 atom stereocenters. The number of anilines is 6. The number of rotatable bonds is 13. The minimum atomic E-state index is -0.675. The summed E-state index contributed by atoms with van der Waals surface area (Å²) in [6.45, 7) is 6.26. The quantitative estimate of drug-likeness (QED) is 0.0879. The van der Waals surface area contributed by atoms with E-state index in [1.54, 1.807) is 60.8 Å². The highest BCUT2D eigenvalue weighted by Gasteiger charge is 2.29. The SMILES string of the molecule is O=C1CCC(c2ccc(N3CCN(CCC4CCN(NC(=O)c5ccc(Nc6ncc(F)c(Nc7ccc(NC(=O)c8ccccc8F)cc7)n6)cc5)CC4)CC3)nc2)C(=O)N1. The predicted octanol–water partition coefficient (Wildman–Crippen LogP) is 5.98. The fraction of sp³-hybridized carbons (Fsp3) is 0.311. The predicted molar refractivity (Wildman–Crippen MR) is 230 cm³/mol. The number of nitrogens with zero attached hydrogens (tertiary/aromatic N) is 6. The monoisotopic (exact) mass is 843 g/mol. The molecule has 0 aliphatic carbocycles. The first-order valence-electron chi connectivity index (χ1n) is 20.8. The van der Waals surface area contributed by atoms with E-state index < -0.39 is 17.5 Å². The average Bonchev–Trinajstić information content (AvgIpc) is 3.28. The van der Waals surface area contributed by atoms with E-state index in [9.17, 15) is 28.0 Å². The van der Waals surface area contributed by atoms with Crippen LogP contribution in [0.25, 0.3) is 0 Å². The zero-order valence-corrected chi connectivity index (χ0v) is 33.9. The first kappa shape index (κ1) is 41.9. The van der Waals surface area contributed by atoms with Crippen LogP contribution >= 0.6 is 0 Å². The van der Waals surface area contributed by atoms with Crippen molar-refractivity contribution in [2.75, 3.05) is 66.7 Å². The van der Waals surface area contributed by atoms with Crippen LogP contribution in [0.5, 0.6) is 0 Å². The van der Waals surface area contributed by atoms with Gasteiger partial charge in [-0.3, -0.25) is 34.8 Å². The van der Waals surface area contributed by atoms with E-state index in [0.29, 0.717) is 41.4 Å². The van der Waals surface area contributed by atoms with Crippen LogP contribution in [0.15, 0.2) is 97.3 Å². The van der Waals surface area contributed by atoms with Gasteiger partial charge in [0.25, 0.3) is 11.8 Å². The van der Waals surface area contributed by atoms with Gasteiger partial charge in [-0.25, -0.2) is 23.8 Å². The average molecular weight is 844 g/mol. The van der Waals surface area contributed by atoms with Gasteiger partial charge in [0.1, 0.15) is 11.6 Å². The summed E-state index contributed by atoms with van der Waals surface area (Å²) in [5, 5.41) is 13.0. The Morgan fingerprint density at radius 3 is 2.15 bits per heavy atom. The van der Waals surface area contributed by atoms with Crippen molar-refractivity contribution in [3.8, 4) is 0 Å². The summed E-state index contributed by atoms with van der Waals surface area (Å²) in [5.41, 5.74) is 5.83. The molecule has 0 spiro atoms. The van der Waals surface area contributed by atoms with E-state index in [1.807, 2.05) is 17.1 Å². The summed E-state index contributed by atoms with van der Waals surface area (Å²) >= 11 is 0. The maximum atomic E-state index is 14.7. The number of hydrogen-bond acceptors (Lipinski definition) is 12. The third-order valence-electron chi connectivity index (χ3n) is 11.5. The maximum Gasteiger partial charge on any atom is 0.265 e. The van der Waals surface area contributed by atoms with Gasteiger partial charge >= 0.3 is 0 Å². The minimum absolute atomic E-state index is 0.0735. The molecule has 5 heterocycles. The highest BCUT2D eigenvalue weighted by molar-refractivity contribution is 6.04. The number of imide groups is 1. The van der Waals surface area contributed by atoms with Crippen molar-refractivity contribution in [1.82, 2.24) is 35.6 Å². The summed E-state index contributed by atoms with van der Waals surface area (Å²) in [6, 6.07) is 22.9. The Bertz CT molecular complexity index is 2390. The third kappa shape index (κ3) is 10.5. The van der Waals surface area contributed by atoms with Crippen LogP contribution in [0.3, 0.4) is 0 Å². The first-order valence-corrected chi connectivity index (χ1v) is 20.8. The van der Waals surface area contributed by atoms with E-state index in [1.165, 1.54) is 18.2 Å². The molecule has 3 fully saturated rings. The highest BCUT2D eigenvalue weighted by atomic mass is 19.1. The van der Waals surface area contributed by atoms with Crippen LogP contribution < -0.4 is 31.6 Å². The number of piperidine rings is 2. The Balaban J connectivity index is 0.737. The Morgan fingerprint density at radius 2 is 1.44 bits per heavy atom. The molecule has 3 aliphatic rings. The molecule has 0 bridgehead atoms. The van der Waals surface area contributed by atoms with Crippen molar-refractivity contribution in [1.29, 1.82) is 0 Å². The Labute approximate surface area is 357 Å². The molecule has 8 rings (SSSR count). The molecular formula is C45H47F2N11O4. The molecule has 15 nitrogen and oxygen atoms in total. The standard InChI is InChI=1S/C45H47F2N11O4/c46-37-4-2-1-3-36(37)44(62)51-33-12-10-32(11-13-33)50-41-38(47)28-49-45(54-41)52-34-8-5-30(6-9-34)42(60)55-58-21-18-29(19-22-58)17-20-56-23-25-57(26-24-56)39-15-7-31(27-48-39)35-14-16-40(59)53-43(35)61/h1-13,15,27-29,35H,14,16-26H2,(H,51,62)(H,55,60)(H,53,59,61)(H2,49,50,52,54). The Kier molecular flexibility index (Phi) is 13.0. The van der Waals surface area contributed by atoms with Crippen LogP contribution in [-0.2, 0) is 9.59 Å². The molecule has 4 amide bonds. The van der Waals surface area contributed by atoms with Crippen LogP contribution in [0.2, 0.25) is 0 Å². The van der Waals surface area contributed by atoms with Crippen LogP contribution in [0.4, 0.5) is 43.4 Å². The van der Waals surface area contributed by atoms with E-state index >= 15 is 0 Å². The summed E-state index contributed by atoms with van der Waals surface area (Å²) in [5.74, 6) is -1.32. The van der Waals surface area contributed by atoms with Gasteiger partial charge in [-0.05, 0) is 110 Å². The Hall–Kier alpha value is -6.85. The van der Waals surface area contributed by atoms with Crippen molar-refractivity contribution in [3.63, 3.8) is 0 Å². The fourth-order valence-electron chi connectivity index (χ4n) is 7.88. The largest absolute Gasteiger partial charge is 0.354 e. The van der Waals surface area contributed by atoms with E-state index in [4.69, 9.17) is 0 Å². The number of aromatic nitrogens is 3. The molecule has 1 unspecified atom stereocenters. The van der Waals surface area contributed by atoms with Gasteiger partial charge in [0.15, 0.2) is 11.6 Å². The van der Waals surface area contributed by atoms with Gasteiger partial charge in [-0.1, -0.05) is 18.2 Å². The number of halogens is 2. The number of pyridine rings is 1. The molecule has 0 saturated carbocycles. The van der Waals surface area contributed by atoms with Gasteiger partial charge < -0.3 is 20.9 Å². The number of hydrazine groups is 1. The maximum absolute atomic E-state index is 14.7. The van der Waals surface area contributed by atoms with Gasteiger partial charge in [0.05, 0.1) is 17.7 Å². The fourth-order valence-corrected chi connectivity index (χ4v) is 7.88. The summed E-state index contributed by atoms with van der Waals surface area (Å²) in [7, 11) is 0. The zero-order chi connectivity index (χ0) is 43.0. The van der Waals surface area contributed by atoms with Gasteiger partial charge in [-0.2, -0.15) is 4.98 Å². The molecular weight excluding hydrogens is 797 g/mol. The second-order valence-electron chi connectivity index (χ2n) is 15.7. The highest BCUT2D eigenvalue weighted by Crippen LogP contribution is 2.27. The summed E-state index contributed by atoms with van der Waals surface area (Å²) in [4.78, 5) is 67.0. The lowest BCUT2D eigenvalue weighted by molar-refractivity contribution is -0.134. The molecule has 5 N–H and O–H groups in total. The normalized spacial score (nSPS) is 17.6. The summed E-state index contributed by atoms with van der Waals surface area (Å²) in [6.07, 6.45) is 6.78. The van der Waals surface area contributed by atoms with Gasteiger partial charge in [0.2, 0.25) is 17.8 Å². The molecule has 2 aromatic heterocycles. The third-order valence-corrected chi connectivity index (χ3v) is 11.5. The molecule has 17 heteroatoms. The molecule has 3 aromatic carbocycles. The van der Waals surface area contributed by atoms with Crippen LogP contribution in [0, 0.1) is 17.6 Å². The number of nitrogens with one attached hydrogen (secondary N) is 5. The molecule has 320 valence electrons. The summed E-state index contributed by atoms with van der Waals surface area (Å²) < 4.78 is 28.7. The lowest BCUT2D eigenvalue weighted by Gasteiger charge is -2.37. The molecule has 62 heavy (non-hydrogen) atoms. The van der Waals surface area contributed by atoms with E-state index in [0.717, 1.165) is 82.7 Å². The molecule has 5 aromatic rings. The van der Waals surface area contributed by atoms with Crippen molar-refractivity contribution >= 4 is 58.3 Å². The van der Waals surface area contributed by atoms with Crippen molar-refractivity contribution in [3.05, 3.63) is 126 Å². The van der Waals surface area contributed by atoms with Crippen molar-refractivity contribution in [2.24, 2.45) is 5.92 Å². The lowest BCUT2D eigenvalue weighted by atomic mass is 9.92. The van der Waals surface area contributed by atoms with Crippen molar-refractivity contribution < 1.29 is 28.0 Å². The van der Waals surface area contributed by atoms with Crippen LogP contribution in [0.1, 0.15) is 64.3 Å². The lowest BCUT2D eigenvalue weighted by Crippen LogP contribution is -2.48. The van der Waals surface area contributed by atoms with Gasteiger partial charge in [-0.15, -0.1) is 0 Å². The number of benzene rings is 3. The smallest absolute Gasteiger partial charge is 0.265 e. The second-order valence-corrected chi connectivity index (χ2v) is 15.7. The van der Waals surface area contributed by atoms with Crippen LogP contribution in [-0.4, -0.2) is 94.3 Å². The molecule has 3 aliphatic heterocycles. The first-order chi connectivity index (χ1) is 30.1. The number of piperazine rings is 1. The number of hydrogen-bond donors (Lipinski definition) is 5. The zero-order valence-electron chi connectivity index (χ0n) is 33.9. The second kappa shape index (κ2) is 19.2. The topological polar surface area (TPSA) is 177 Å². The van der Waals surface area contributed by atoms with E-state index in [-0.39, 0.29) is 41.0 Å².